The number of nitriles is 1. The monoisotopic (exact) mass is 681 g/mol. The first kappa shape index (κ1) is 33.5. The lowest BCUT2D eigenvalue weighted by atomic mass is 9.91. The van der Waals surface area contributed by atoms with Gasteiger partial charge in [0.2, 0.25) is 17.4 Å². The normalized spacial score (nSPS) is 24.9. The third-order valence-corrected chi connectivity index (χ3v) is 10.8. The van der Waals surface area contributed by atoms with E-state index in [1.165, 1.54) is 36.5 Å². The molecule has 0 bridgehead atoms. The summed E-state index contributed by atoms with van der Waals surface area (Å²) in [6.07, 6.45) is 5.02. The molecule has 3 aliphatic rings. The Kier molecular flexibility index (Phi) is 8.98. The van der Waals surface area contributed by atoms with Crippen molar-refractivity contribution >= 4 is 36.1 Å². The number of alkyl halides is 2. The van der Waals surface area contributed by atoms with Crippen LogP contribution >= 0.6 is 7.60 Å². The van der Waals surface area contributed by atoms with E-state index in [-0.39, 0.29) is 47.5 Å². The molecule has 252 valence electrons. The van der Waals surface area contributed by atoms with E-state index in [4.69, 9.17) is 9.79 Å². The Bertz CT molecular complexity index is 1920. The standard InChI is InChI=1S/C33H34F2N5O7P/c34-33(35,48(45,46)47)24-8-7-19-5-6-21(13-22(19)14-24)30(42)38-27-4-2-1-3-25-9-10-28(40(25)31(27)43)32(44)39-17-23(16-36)26(18-39)20-11-12-37-29(41)15-20/h5-8,11-15,23,25-28H,1-4,9-10,17-18H2,(H,37,41)(H,38,42)(H2,45,46,47)/t23-,25+,26+,27+,28+/m1/s1. The molecule has 48 heavy (non-hydrogen) atoms. The molecule has 4 N–H and O–H groups in total. The van der Waals surface area contributed by atoms with Crippen LogP contribution in [0, 0.1) is 17.2 Å². The molecule has 0 saturated carbocycles. The molecule has 1 aromatic heterocycles. The number of aromatic nitrogens is 1. The van der Waals surface area contributed by atoms with Crippen LogP contribution in [0.1, 0.15) is 65.9 Å². The number of benzene rings is 2. The number of rotatable bonds is 6. The van der Waals surface area contributed by atoms with Crippen molar-refractivity contribution < 1.29 is 37.5 Å². The van der Waals surface area contributed by atoms with Crippen LogP contribution in [0.5, 0.6) is 0 Å². The van der Waals surface area contributed by atoms with Gasteiger partial charge in [0, 0.05) is 48.4 Å². The van der Waals surface area contributed by atoms with Crippen LogP contribution in [0.4, 0.5) is 8.78 Å². The first-order valence-corrected chi connectivity index (χ1v) is 17.4. The fourth-order valence-corrected chi connectivity index (χ4v) is 7.72. The molecule has 15 heteroatoms. The molecule has 0 radical (unpaired) electrons. The van der Waals surface area contributed by atoms with Crippen LogP contribution in [-0.2, 0) is 19.8 Å². The Morgan fingerprint density at radius 3 is 2.46 bits per heavy atom. The Labute approximate surface area is 273 Å². The average Bonchev–Trinajstić information content (AvgIpc) is 3.68. The number of nitrogens with zero attached hydrogens (tertiary/aromatic N) is 3. The molecular weight excluding hydrogens is 647 g/mol. The summed E-state index contributed by atoms with van der Waals surface area (Å²) >= 11 is 0. The van der Waals surface area contributed by atoms with Crippen molar-refractivity contribution in [3.05, 3.63) is 81.8 Å². The van der Waals surface area contributed by atoms with Gasteiger partial charge in [-0.15, -0.1) is 0 Å². The second kappa shape index (κ2) is 12.9. The third kappa shape index (κ3) is 6.25. The maximum Gasteiger partial charge on any atom is 0.399 e. The zero-order chi connectivity index (χ0) is 34.4. The van der Waals surface area contributed by atoms with E-state index in [1.54, 1.807) is 15.9 Å². The molecule has 3 fully saturated rings. The number of carbonyl (C=O) groups is 3. The van der Waals surface area contributed by atoms with Gasteiger partial charge in [0.15, 0.2) is 0 Å². The Morgan fingerprint density at radius 1 is 0.979 bits per heavy atom. The number of hydrogen-bond acceptors (Lipinski definition) is 6. The summed E-state index contributed by atoms with van der Waals surface area (Å²) in [6, 6.07) is 10.9. The van der Waals surface area contributed by atoms with E-state index < -0.39 is 48.6 Å². The Morgan fingerprint density at radius 2 is 1.73 bits per heavy atom. The number of carbonyl (C=O) groups excluding carboxylic acids is 3. The molecule has 2 aromatic carbocycles. The van der Waals surface area contributed by atoms with Crippen LogP contribution in [0.15, 0.2) is 59.5 Å². The summed E-state index contributed by atoms with van der Waals surface area (Å²) < 4.78 is 40.2. The molecule has 0 spiro atoms. The molecular formula is C33H34F2N5O7P. The van der Waals surface area contributed by atoms with Gasteiger partial charge in [-0.3, -0.25) is 23.7 Å². The molecule has 4 heterocycles. The van der Waals surface area contributed by atoms with Crippen molar-refractivity contribution in [2.75, 3.05) is 13.1 Å². The highest BCUT2D eigenvalue weighted by molar-refractivity contribution is 7.52. The van der Waals surface area contributed by atoms with Gasteiger partial charge in [-0.2, -0.15) is 14.0 Å². The van der Waals surface area contributed by atoms with Gasteiger partial charge in [-0.05, 0) is 66.3 Å². The summed E-state index contributed by atoms with van der Waals surface area (Å²) in [4.78, 5) is 77.4. The molecule has 12 nitrogen and oxygen atoms in total. The number of likely N-dealkylation sites (tertiary alicyclic amines) is 1. The highest BCUT2D eigenvalue weighted by Gasteiger charge is 2.50. The SMILES string of the molecule is N#C[C@@H]1CN(C(=O)[C@@H]2CC[C@@H]3CCCC[C@H](NC(=O)c4ccc5ccc(C(F)(F)P(=O)(O)O)cc5c4)C(=O)N32)C[C@H]1c1cc[nH]c(=O)c1. The maximum absolute atomic E-state index is 14.4. The van der Waals surface area contributed by atoms with Crippen LogP contribution in [-0.4, -0.2) is 73.5 Å². The second-order valence-corrected chi connectivity index (χ2v) is 14.4. The zero-order valence-electron chi connectivity index (χ0n) is 25.7. The molecule has 3 aliphatic heterocycles. The van der Waals surface area contributed by atoms with E-state index in [1.807, 2.05) is 0 Å². The minimum Gasteiger partial charge on any atom is -0.340 e. The quantitative estimate of drug-likeness (QED) is 0.285. The van der Waals surface area contributed by atoms with Crippen molar-refractivity contribution in [3.63, 3.8) is 0 Å². The van der Waals surface area contributed by atoms with E-state index in [9.17, 15) is 37.8 Å². The van der Waals surface area contributed by atoms with Gasteiger partial charge < -0.3 is 29.9 Å². The number of fused-ring (bicyclic) bond motifs is 2. The van der Waals surface area contributed by atoms with Crippen LogP contribution in [0.2, 0.25) is 0 Å². The van der Waals surface area contributed by atoms with E-state index >= 15 is 0 Å². The van der Waals surface area contributed by atoms with Crippen molar-refractivity contribution in [3.8, 4) is 6.07 Å². The first-order valence-electron chi connectivity index (χ1n) is 15.8. The van der Waals surface area contributed by atoms with Crippen molar-refractivity contribution in [1.82, 2.24) is 20.1 Å². The summed E-state index contributed by atoms with van der Waals surface area (Å²) in [7, 11) is -5.80. The zero-order valence-corrected chi connectivity index (χ0v) is 26.6. The van der Waals surface area contributed by atoms with Gasteiger partial charge in [-0.25, -0.2) is 0 Å². The van der Waals surface area contributed by atoms with Gasteiger partial charge in [-0.1, -0.05) is 31.0 Å². The third-order valence-electron chi connectivity index (χ3n) is 9.77. The van der Waals surface area contributed by atoms with Crippen molar-refractivity contribution in [2.24, 2.45) is 5.92 Å². The predicted molar refractivity (Wildman–Crippen MR) is 169 cm³/mol. The molecule has 5 atom stereocenters. The van der Waals surface area contributed by atoms with Crippen LogP contribution in [0.25, 0.3) is 10.8 Å². The fraction of sp³-hybridized carbons (Fsp3) is 0.424. The maximum atomic E-state index is 14.4. The van der Waals surface area contributed by atoms with E-state index in [2.05, 4.69) is 16.4 Å². The van der Waals surface area contributed by atoms with Gasteiger partial charge >= 0.3 is 13.3 Å². The van der Waals surface area contributed by atoms with Gasteiger partial charge in [0.05, 0.1) is 12.0 Å². The van der Waals surface area contributed by atoms with Gasteiger partial charge in [0.25, 0.3) is 5.91 Å². The van der Waals surface area contributed by atoms with E-state index in [0.717, 1.165) is 18.6 Å². The highest BCUT2D eigenvalue weighted by atomic mass is 31.2. The predicted octanol–water partition coefficient (Wildman–Crippen LogP) is 3.55. The lowest BCUT2D eigenvalue weighted by molar-refractivity contribution is -0.146. The topological polar surface area (TPSA) is 184 Å². The number of hydrogen-bond donors (Lipinski definition) is 4. The molecule has 3 saturated heterocycles. The van der Waals surface area contributed by atoms with Crippen molar-refractivity contribution in [2.45, 2.75) is 68.2 Å². The lowest BCUT2D eigenvalue weighted by Gasteiger charge is -2.36. The number of amides is 3. The minimum atomic E-state index is -5.80. The fourth-order valence-electron chi connectivity index (χ4n) is 7.25. The average molecular weight is 682 g/mol. The van der Waals surface area contributed by atoms with Crippen molar-refractivity contribution in [1.29, 1.82) is 5.26 Å². The van der Waals surface area contributed by atoms with Crippen LogP contribution < -0.4 is 10.9 Å². The first-order chi connectivity index (χ1) is 22.8. The number of nitrogens with one attached hydrogen (secondary N) is 2. The summed E-state index contributed by atoms with van der Waals surface area (Å²) in [5.41, 5.74) is -4.89. The molecule has 6 rings (SSSR count). The minimum absolute atomic E-state index is 0.0602. The number of aromatic amines is 1. The summed E-state index contributed by atoms with van der Waals surface area (Å²) in [6.45, 7) is 0.396. The number of H-pyrrole nitrogens is 1. The van der Waals surface area contributed by atoms with E-state index in [0.29, 0.717) is 43.1 Å². The number of pyridine rings is 1. The smallest absolute Gasteiger partial charge is 0.340 e. The highest BCUT2D eigenvalue weighted by Crippen LogP contribution is 2.59. The summed E-state index contributed by atoms with van der Waals surface area (Å²) in [5, 5.41) is 13.2. The molecule has 3 aromatic rings. The molecule has 0 unspecified atom stereocenters. The Balaban J connectivity index is 1.20. The summed E-state index contributed by atoms with van der Waals surface area (Å²) in [5.74, 6) is -2.19. The molecule has 0 aliphatic carbocycles. The van der Waals surface area contributed by atoms with Crippen LogP contribution in [0.3, 0.4) is 0 Å². The Hall–Kier alpha value is -4.44. The second-order valence-electron chi connectivity index (χ2n) is 12.7. The van der Waals surface area contributed by atoms with Gasteiger partial charge in [0.1, 0.15) is 12.1 Å². The number of halogens is 2. The lowest BCUT2D eigenvalue weighted by Crippen LogP contribution is -2.56. The largest absolute Gasteiger partial charge is 0.399 e. The molecule has 3 amide bonds.